The van der Waals surface area contributed by atoms with Gasteiger partial charge in [-0.15, -0.1) is 0 Å². The van der Waals surface area contributed by atoms with Crippen LogP contribution in [0.25, 0.3) is 0 Å². The lowest BCUT2D eigenvalue weighted by atomic mass is 10.1. The Morgan fingerprint density at radius 1 is 1.04 bits per heavy atom. The summed E-state index contributed by atoms with van der Waals surface area (Å²) in [6.07, 6.45) is 2.62. The first-order chi connectivity index (χ1) is 12.3. The summed E-state index contributed by atoms with van der Waals surface area (Å²) in [6.45, 7) is 4.46. The maximum absolute atomic E-state index is 6.23. The normalized spacial score (nSPS) is 22.4. The van der Waals surface area contributed by atoms with Crippen LogP contribution in [0.15, 0.2) is 47.5 Å². The molecule has 2 aromatic carbocycles. The highest BCUT2D eigenvalue weighted by molar-refractivity contribution is 6.31. The second-order valence-corrected chi connectivity index (χ2v) is 7.48. The molecule has 0 amide bonds. The standard InChI is InChI=1S/C20H21ClN4/c21-14-7-8-18-19(12-14)23-20(16-5-1-2-6-17(16)22-18)25-11-10-24-9-3-4-15(24)13-25/h1-2,5-8,12,15,22H,3-4,9-11,13H2. The Morgan fingerprint density at radius 2 is 1.96 bits per heavy atom. The number of nitrogens with zero attached hydrogens (tertiary/aromatic N) is 3. The lowest BCUT2D eigenvalue weighted by Crippen LogP contribution is -2.52. The maximum atomic E-state index is 6.23. The Morgan fingerprint density at radius 3 is 2.92 bits per heavy atom. The second-order valence-electron chi connectivity index (χ2n) is 7.05. The van der Waals surface area contributed by atoms with Crippen molar-refractivity contribution in [1.82, 2.24) is 9.80 Å². The van der Waals surface area contributed by atoms with Crippen molar-refractivity contribution in [3.63, 3.8) is 0 Å². The van der Waals surface area contributed by atoms with Crippen molar-refractivity contribution in [2.45, 2.75) is 18.9 Å². The van der Waals surface area contributed by atoms with E-state index in [-0.39, 0.29) is 0 Å². The van der Waals surface area contributed by atoms with Gasteiger partial charge in [0.2, 0.25) is 0 Å². The Labute approximate surface area is 153 Å². The third kappa shape index (κ3) is 2.70. The van der Waals surface area contributed by atoms with E-state index in [1.807, 2.05) is 18.2 Å². The molecule has 0 saturated carbocycles. The summed E-state index contributed by atoms with van der Waals surface area (Å²) in [5.74, 6) is 1.07. The summed E-state index contributed by atoms with van der Waals surface area (Å²) in [7, 11) is 0. The van der Waals surface area contributed by atoms with Crippen molar-refractivity contribution in [2.24, 2.45) is 4.99 Å². The molecule has 1 unspecified atom stereocenters. The highest BCUT2D eigenvalue weighted by Crippen LogP contribution is 2.37. The van der Waals surface area contributed by atoms with Crippen LogP contribution < -0.4 is 5.32 Å². The predicted octanol–water partition coefficient (Wildman–Crippen LogP) is 4.26. The molecule has 0 bridgehead atoms. The number of para-hydroxylation sites is 1. The molecule has 0 spiro atoms. The molecule has 5 heteroatoms. The predicted molar refractivity (Wildman–Crippen MR) is 104 cm³/mol. The molecule has 0 radical (unpaired) electrons. The Balaban J connectivity index is 1.60. The number of nitrogens with one attached hydrogen (secondary N) is 1. The number of amidine groups is 1. The van der Waals surface area contributed by atoms with Crippen LogP contribution in [0.2, 0.25) is 5.02 Å². The van der Waals surface area contributed by atoms with Gasteiger partial charge in [0, 0.05) is 41.9 Å². The lowest BCUT2D eigenvalue weighted by Gasteiger charge is -2.39. The average Bonchev–Trinajstić information content (AvgIpc) is 3.03. The van der Waals surface area contributed by atoms with Gasteiger partial charge in [-0.05, 0) is 49.7 Å². The van der Waals surface area contributed by atoms with Gasteiger partial charge in [-0.25, -0.2) is 4.99 Å². The molecule has 3 aliphatic rings. The largest absolute Gasteiger partial charge is 0.353 e. The Hall–Kier alpha value is -2.04. The topological polar surface area (TPSA) is 30.9 Å². The van der Waals surface area contributed by atoms with Crippen LogP contribution >= 0.6 is 11.6 Å². The van der Waals surface area contributed by atoms with Crippen LogP contribution in [-0.4, -0.2) is 47.9 Å². The summed E-state index contributed by atoms with van der Waals surface area (Å²) in [5.41, 5.74) is 4.19. The van der Waals surface area contributed by atoms with Crippen molar-refractivity contribution in [3.05, 3.63) is 53.1 Å². The first kappa shape index (κ1) is 15.2. The van der Waals surface area contributed by atoms with Crippen LogP contribution in [0.4, 0.5) is 17.1 Å². The van der Waals surface area contributed by atoms with Gasteiger partial charge in [0.15, 0.2) is 0 Å². The zero-order chi connectivity index (χ0) is 16.8. The summed E-state index contributed by atoms with van der Waals surface area (Å²) < 4.78 is 0. The molecule has 5 rings (SSSR count). The lowest BCUT2D eigenvalue weighted by molar-refractivity contribution is 0.152. The number of aliphatic imine (C=N–C) groups is 1. The molecular weight excluding hydrogens is 332 g/mol. The van der Waals surface area contributed by atoms with Gasteiger partial charge in [-0.2, -0.15) is 0 Å². The van der Waals surface area contributed by atoms with E-state index >= 15 is 0 Å². The molecule has 4 nitrogen and oxygen atoms in total. The fourth-order valence-electron chi connectivity index (χ4n) is 4.23. The van der Waals surface area contributed by atoms with E-state index in [9.17, 15) is 0 Å². The molecule has 1 atom stereocenters. The van der Waals surface area contributed by atoms with Crippen LogP contribution in [0, 0.1) is 0 Å². The number of benzene rings is 2. The fourth-order valence-corrected chi connectivity index (χ4v) is 4.40. The fraction of sp³-hybridized carbons (Fsp3) is 0.350. The zero-order valence-electron chi connectivity index (χ0n) is 14.1. The highest BCUT2D eigenvalue weighted by atomic mass is 35.5. The third-order valence-corrected chi connectivity index (χ3v) is 5.75. The molecule has 0 aliphatic carbocycles. The van der Waals surface area contributed by atoms with Crippen LogP contribution in [0.5, 0.6) is 0 Å². The van der Waals surface area contributed by atoms with Gasteiger partial charge in [0.05, 0.1) is 11.4 Å². The molecule has 25 heavy (non-hydrogen) atoms. The number of rotatable bonds is 0. The number of fused-ring (bicyclic) bond motifs is 3. The van der Waals surface area contributed by atoms with Crippen molar-refractivity contribution in [3.8, 4) is 0 Å². The van der Waals surface area contributed by atoms with Gasteiger partial charge in [-0.3, -0.25) is 4.90 Å². The molecule has 2 aromatic rings. The maximum Gasteiger partial charge on any atom is 0.138 e. The van der Waals surface area contributed by atoms with Crippen molar-refractivity contribution in [1.29, 1.82) is 0 Å². The van der Waals surface area contributed by atoms with E-state index in [4.69, 9.17) is 16.6 Å². The second kappa shape index (κ2) is 6.04. The van der Waals surface area contributed by atoms with E-state index in [1.54, 1.807) is 0 Å². The number of piperazine rings is 1. The van der Waals surface area contributed by atoms with Crippen LogP contribution in [0.1, 0.15) is 18.4 Å². The van der Waals surface area contributed by atoms with E-state index in [1.165, 1.54) is 24.9 Å². The number of hydrogen-bond donors (Lipinski definition) is 1. The van der Waals surface area contributed by atoms with E-state index in [0.717, 1.165) is 47.6 Å². The summed E-state index contributed by atoms with van der Waals surface area (Å²) >= 11 is 6.23. The number of hydrogen-bond acceptors (Lipinski definition) is 4. The Bertz CT molecular complexity index is 847. The highest BCUT2D eigenvalue weighted by Gasteiger charge is 2.33. The molecule has 2 saturated heterocycles. The molecular formula is C20H21ClN4. The van der Waals surface area contributed by atoms with Gasteiger partial charge >= 0.3 is 0 Å². The zero-order valence-corrected chi connectivity index (χ0v) is 14.8. The van der Waals surface area contributed by atoms with Crippen LogP contribution in [0.3, 0.4) is 0 Å². The third-order valence-electron chi connectivity index (χ3n) is 5.51. The molecule has 128 valence electrons. The molecule has 3 aliphatic heterocycles. The van der Waals surface area contributed by atoms with E-state index < -0.39 is 0 Å². The first-order valence-corrected chi connectivity index (χ1v) is 9.39. The molecule has 3 heterocycles. The van der Waals surface area contributed by atoms with Crippen molar-refractivity contribution < 1.29 is 0 Å². The first-order valence-electron chi connectivity index (χ1n) is 9.01. The minimum absolute atomic E-state index is 0.665. The SMILES string of the molecule is Clc1ccc2c(c1)N=C(N1CCN3CCCC3C1)c1ccccc1N2. The number of halogens is 1. The smallest absolute Gasteiger partial charge is 0.138 e. The van der Waals surface area contributed by atoms with E-state index in [2.05, 4.69) is 39.4 Å². The van der Waals surface area contributed by atoms with Crippen molar-refractivity contribution in [2.75, 3.05) is 31.5 Å². The molecule has 0 aromatic heterocycles. The molecule has 1 N–H and O–H groups in total. The monoisotopic (exact) mass is 352 g/mol. The quantitative estimate of drug-likeness (QED) is 0.768. The summed E-state index contributed by atoms with van der Waals surface area (Å²) in [5, 5.41) is 4.25. The van der Waals surface area contributed by atoms with Crippen LogP contribution in [-0.2, 0) is 0 Å². The molecule has 2 fully saturated rings. The average molecular weight is 353 g/mol. The van der Waals surface area contributed by atoms with Gasteiger partial charge in [0.25, 0.3) is 0 Å². The minimum Gasteiger partial charge on any atom is -0.353 e. The number of anilines is 2. The van der Waals surface area contributed by atoms with Gasteiger partial charge in [0.1, 0.15) is 5.84 Å². The van der Waals surface area contributed by atoms with E-state index in [0.29, 0.717) is 6.04 Å². The van der Waals surface area contributed by atoms with Gasteiger partial charge in [-0.1, -0.05) is 23.7 Å². The Kier molecular flexibility index (Phi) is 3.68. The summed E-state index contributed by atoms with van der Waals surface area (Å²) in [4.78, 5) is 10.1. The minimum atomic E-state index is 0.665. The van der Waals surface area contributed by atoms with Gasteiger partial charge < -0.3 is 10.2 Å². The van der Waals surface area contributed by atoms with Crippen molar-refractivity contribution >= 4 is 34.5 Å². The summed E-state index contributed by atoms with van der Waals surface area (Å²) in [6, 6.07) is 15.0.